The number of ether oxygens (including phenoxy) is 5. The van der Waals surface area contributed by atoms with Gasteiger partial charge in [0.05, 0.1) is 18.4 Å². The molecular formula is C23H38N2O9. The van der Waals surface area contributed by atoms with Gasteiger partial charge in [-0.05, 0) is 48.0 Å². The Kier molecular flexibility index (Phi) is 9.09. The summed E-state index contributed by atoms with van der Waals surface area (Å²) in [6, 6.07) is -1.55. The summed E-state index contributed by atoms with van der Waals surface area (Å²) in [5.74, 6) is -3.25. The third-order valence-electron chi connectivity index (χ3n) is 5.40. The van der Waals surface area contributed by atoms with E-state index in [2.05, 4.69) is 17.2 Å². The minimum absolute atomic E-state index is 0.172. The quantitative estimate of drug-likeness (QED) is 0.395. The molecular weight excluding hydrogens is 448 g/mol. The Labute approximate surface area is 200 Å². The number of carbonyl (C=O) groups is 3. The van der Waals surface area contributed by atoms with Crippen molar-refractivity contribution < 1.29 is 43.2 Å². The Balaban J connectivity index is 2.35. The number of aliphatic carboxylic acids is 1. The smallest absolute Gasteiger partial charge is 0.407 e. The normalized spacial score (nSPS) is 28.3. The minimum atomic E-state index is -1.04. The fraction of sp³-hybridized carbons (Fsp3) is 0.783. The maximum absolute atomic E-state index is 13.2. The van der Waals surface area contributed by atoms with Crippen LogP contribution >= 0.6 is 0 Å². The Bertz CT molecular complexity index is 764. The van der Waals surface area contributed by atoms with E-state index in [0.29, 0.717) is 0 Å². The van der Waals surface area contributed by atoms with Crippen molar-refractivity contribution in [2.75, 3.05) is 7.11 Å². The van der Waals surface area contributed by atoms with E-state index in [4.69, 9.17) is 28.8 Å². The number of nitrogens with one attached hydrogen (secondary N) is 2. The van der Waals surface area contributed by atoms with Gasteiger partial charge in [0.15, 0.2) is 12.1 Å². The fourth-order valence-electron chi connectivity index (χ4n) is 4.18. The number of fused-ring (bicyclic) bond motifs is 1. The molecule has 2 rings (SSSR count). The maximum atomic E-state index is 13.2. The van der Waals surface area contributed by atoms with Crippen LogP contribution in [0.3, 0.4) is 0 Å². The van der Waals surface area contributed by atoms with Gasteiger partial charge in [-0.1, -0.05) is 6.08 Å². The molecule has 2 aliphatic rings. The van der Waals surface area contributed by atoms with Crippen LogP contribution in [-0.2, 0) is 33.3 Å². The first kappa shape index (κ1) is 28.0. The number of carbonyl (C=O) groups excluding carboxylic acids is 2. The monoisotopic (exact) mass is 486 g/mol. The zero-order chi connectivity index (χ0) is 25.8. The molecule has 0 aromatic rings. The van der Waals surface area contributed by atoms with E-state index >= 15 is 0 Å². The summed E-state index contributed by atoms with van der Waals surface area (Å²) >= 11 is 0. The first-order valence-corrected chi connectivity index (χ1v) is 11.3. The lowest BCUT2D eigenvalue weighted by molar-refractivity contribution is -0.221. The van der Waals surface area contributed by atoms with E-state index < -0.39 is 72.0 Å². The van der Waals surface area contributed by atoms with Crippen LogP contribution < -0.4 is 10.6 Å². The summed E-state index contributed by atoms with van der Waals surface area (Å²) in [5, 5.41) is 14.5. The van der Waals surface area contributed by atoms with E-state index in [1.165, 1.54) is 7.11 Å². The third kappa shape index (κ3) is 7.39. The lowest BCUT2D eigenvalue weighted by atomic mass is 9.87. The molecule has 11 heteroatoms. The molecule has 194 valence electrons. The van der Waals surface area contributed by atoms with Gasteiger partial charge in [0, 0.05) is 13.2 Å². The molecule has 0 spiro atoms. The Morgan fingerprint density at radius 3 is 2.38 bits per heavy atom. The van der Waals surface area contributed by atoms with Gasteiger partial charge in [-0.15, -0.1) is 6.58 Å². The predicted octanol–water partition coefficient (Wildman–Crippen LogP) is 1.94. The highest BCUT2D eigenvalue weighted by molar-refractivity contribution is 5.81. The minimum Gasteiger partial charge on any atom is -0.481 e. The highest BCUT2D eigenvalue weighted by Gasteiger charge is 2.58. The number of carboxylic acids is 1. The molecule has 0 saturated carbocycles. The molecule has 0 aromatic heterocycles. The van der Waals surface area contributed by atoms with Crippen LogP contribution in [0.1, 0.15) is 54.4 Å². The van der Waals surface area contributed by atoms with Crippen molar-refractivity contribution in [3.63, 3.8) is 0 Å². The number of hydrogen-bond acceptors (Lipinski definition) is 8. The van der Waals surface area contributed by atoms with E-state index in [0.717, 1.165) is 0 Å². The maximum Gasteiger partial charge on any atom is 0.407 e. The highest BCUT2D eigenvalue weighted by atomic mass is 16.8. The summed E-state index contributed by atoms with van der Waals surface area (Å²) < 4.78 is 29.0. The van der Waals surface area contributed by atoms with E-state index in [1.54, 1.807) is 47.6 Å². The highest BCUT2D eigenvalue weighted by Crippen LogP contribution is 2.40. The Morgan fingerprint density at radius 2 is 1.85 bits per heavy atom. The standard InChI is InChI=1S/C23H38N2O9/c1-9-10-13(19(28)24-12(2)11-14(26)27)15(25-21(29)34-22(3,4)5)16-17(30-8)18-20(31-16)33-23(6,7)32-18/h9,12-13,15-18,20H,1,10-11H2,2-8H3,(H,24,28)(H,25,29)(H,26,27)/t12-,13+,15+,16-,17+,18-,20-/m1/s1. The van der Waals surface area contributed by atoms with Crippen LogP contribution in [-0.4, -0.2) is 78.3 Å². The molecule has 34 heavy (non-hydrogen) atoms. The van der Waals surface area contributed by atoms with Gasteiger partial charge in [-0.3, -0.25) is 9.59 Å². The molecule has 0 bridgehead atoms. The molecule has 2 amide bonds. The van der Waals surface area contributed by atoms with Crippen LogP contribution in [0.25, 0.3) is 0 Å². The second-order valence-corrected chi connectivity index (χ2v) is 10.1. The molecule has 2 heterocycles. The van der Waals surface area contributed by atoms with Crippen LogP contribution in [0, 0.1) is 5.92 Å². The molecule has 2 saturated heterocycles. The third-order valence-corrected chi connectivity index (χ3v) is 5.40. The second-order valence-electron chi connectivity index (χ2n) is 10.1. The van der Waals surface area contributed by atoms with E-state index in [-0.39, 0.29) is 12.8 Å². The molecule has 0 aliphatic carbocycles. The van der Waals surface area contributed by atoms with Gasteiger partial charge >= 0.3 is 12.1 Å². The molecule has 3 N–H and O–H groups in total. The Morgan fingerprint density at radius 1 is 1.21 bits per heavy atom. The lowest BCUT2D eigenvalue weighted by Gasteiger charge is -2.35. The number of amides is 2. The molecule has 0 unspecified atom stereocenters. The van der Waals surface area contributed by atoms with Crippen molar-refractivity contribution in [3.05, 3.63) is 12.7 Å². The lowest BCUT2D eigenvalue weighted by Crippen LogP contribution is -2.58. The van der Waals surface area contributed by atoms with Crippen LogP contribution in [0.5, 0.6) is 0 Å². The van der Waals surface area contributed by atoms with Gasteiger partial charge in [-0.2, -0.15) is 0 Å². The molecule has 0 radical (unpaired) electrons. The summed E-state index contributed by atoms with van der Waals surface area (Å²) in [7, 11) is 1.49. The van der Waals surface area contributed by atoms with Crippen LogP contribution in [0.4, 0.5) is 4.79 Å². The molecule has 2 aliphatic heterocycles. The Hall–Kier alpha value is -2.21. The van der Waals surface area contributed by atoms with Crippen molar-refractivity contribution in [3.8, 4) is 0 Å². The van der Waals surface area contributed by atoms with Crippen LogP contribution in [0.2, 0.25) is 0 Å². The van der Waals surface area contributed by atoms with Crippen molar-refractivity contribution in [1.29, 1.82) is 0 Å². The average molecular weight is 487 g/mol. The first-order chi connectivity index (χ1) is 15.7. The van der Waals surface area contributed by atoms with Gasteiger partial charge in [0.2, 0.25) is 5.91 Å². The predicted molar refractivity (Wildman–Crippen MR) is 121 cm³/mol. The summed E-state index contributed by atoms with van der Waals surface area (Å²) in [4.78, 5) is 37.0. The van der Waals surface area contributed by atoms with Gasteiger partial charge in [0.25, 0.3) is 0 Å². The zero-order valence-electron chi connectivity index (χ0n) is 21.0. The van der Waals surface area contributed by atoms with Crippen molar-refractivity contribution in [2.24, 2.45) is 5.92 Å². The number of hydrogen-bond donors (Lipinski definition) is 3. The molecule has 2 fully saturated rings. The van der Waals surface area contributed by atoms with Crippen LogP contribution in [0.15, 0.2) is 12.7 Å². The SMILES string of the molecule is C=CC[C@H](C(=O)N[C@H](C)CC(=O)O)[C@H](NC(=O)OC(C)(C)C)[C@H]1O[C@@H]2OC(C)(C)O[C@@H]2[C@H]1OC. The van der Waals surface area contributed by atoms with Crippen molar-refractivity contribution >= 4 is 18.0 Å². The number of carboxylic acid groups (broad SMARTS) is 1. The topological polar surface area (TPSA) is 142 Å². The number of rotatable bonds is 10. The summed E-state index contributed by atoms with van der Waals surface area (Å²) in [6.45, 7) is 14.0. The van der Waals surface area contributed by atoms with Gasteiger partial charge in [0.1, 0.15) is 23.9 Å². The summed E-state index contributed by atoms with van der Waals surface area (Å²) in [5.41, 5.74) is -0.773. The summed E-state index contributed by atoms with van der Waals surface area (Å²) in [6.07, 6.45) is -2.10. The molecule has 7 atom stereocenters. The second kappa shape index (κ2) is 11.0. The van der Waals surface area contributed by atoms with Gasteiger partial charge < -0.3 is 39.4 Å². The number of allylic oxidation sites excluding steroid dienone is 1. The van der Waals surface area contributed by atoms with E-state index in [1.807, 2.05) is 0 Å². The van der Waals surface area contributed by atoms with Crippen molar-refractivity contribution in [2.45, 2.75) is 102 Å². The zero-order valence-corrected chi connectivity index (χ0v) is 21.0. The fourth-order valence-corrected chi connectivity index (χ4v) is 4.18. The average Bonchev–Trinajstić information content (AvgIpc) is 3.13. The van der Waals surface area contributed by atoms with Gasteiger partial charge in [-0.25, -0.2) is 4.79 Å². The molecule has 0 aromatic carbocycles. The largest absolute Gasteiger partial charge is 0.481 e. The number of methoxy groups -OCH3 is 1. The van der Waals surface area contributed by atoms with E-state index in [9.17, 15) is 14.4 Å². The first-order valence-electron chi connectivity index (χ1n) is 11.3. The molecule has 11 nitrogen and oxygen atoms in total. The van der Waals surface area contributed by atoms with Crippen molar-refractivity contribution in [1.82, 2.24) is 10.6 Å². The number of alkyl carbamates (subject to hydrolysis) is 1.